The molecule has 1 aromatic rings. The van der Waals surface area contributed by atoms with Crippen molar-refractivity contribution < 1.29 is 19.3 Å². The van der Waals surface area contributed by atoms with Gasteiger partial charge in [-0.2, -0.15) is 0 Å². The van der Waals surface area contributed by atoms with Crippen molar-refractivity contribution >= 4 is 0 Å². The van der Waals surface area contributed by atoms with Crippen LogP contribution in [-0.4, -0.2) is 40.0 Å². The molecule has 102 valence electrons. The van der Waals surface area contributed by atoms with Crippen LogP contribution in [0.5, 0.6) is 11.5 Å². The molecule has 0 fully saturated rings. The van der Waals surface area contributed by atoms with E-state index >= 15 is 0 Å². The number of ether oxygens (including phenoxy) is 3. The van der Waals surface area contributed by atoms with Gasteiger partial charge in [0, 0.05) is 13.7 Å². The van der Waals surface area contributed by atoms with Crippen molar-refractivity contribution in [2.24, 2.45) is 0 Å². The number of hydrogen-bond donors (Lipinski definition) is 2. The predicted molar refractivity (Wildman–Crippen MR) is 69.1 cm³/mol. The Labute approximate surface area is 108 Å². The molecule has 1 aromatic carbocycles. The number of nitrogens with one attached hydrogen (secondary N) is 1. The second kappa shape index (κ2) is 7.20. The maximum absolute atomic E-state index is 9.98. The first-order valence-corrected chi connectivity index (χ1v) is 5.74. The molecule has 0 amide bonds. The summed E-state index contributed by atoms with van der Waals surface area (Å²) in [7, 11) is 6.57. The third-order valence-electron chi connectivity index (χ3n) is 2.70. The van der Waals surface area contributed by atoms with Crippen LogP contribution in [0.3, 0.4) is 0 Å². The highest BCUT2D eigenvalue weighted by molar-refractivity contribution is 5.48. The Hall–Kier alpha value is -1.30. The highest BCUT2D eigenvalue weighted by atomic mass is 16.5. The molecular weight excluding hydrogens is 234 g/mol. The highest BCUT2D eigenvalue weighted by Crippen LogP contribution is 2.33. The molecule has 0 aliphatic carbocycles. The fourth-order valence-electron chi connectivity index (χ4n) is 1.79. The van der Waals surface area contributed by atoms with Crippen LogP contribution in [0.25, 0.3) is 0 Å². The van der Waals surface area contributed by atoms with Gasteiger partial charge in [0.2, 0.25) is 0 Å². The third-order valence-corrected chi connectivity index (χ3v) is 2.70. The molecule has 1 rings (SSSR count). The summed E-state index contributed by atoms with van der Waals surface area (Å²) in [5.74, 6) is 1.31. The lowest BCUT2D eigenvalue weighted by molar-refractivity contribution is 0.172. The van der Waals surface area contributed by atoms with Gasteiger partial charge in [-0.3, -0.25) is 0 Å². The second-order valence-electron chi connectivity index (χ2n) is 3.91. The average molecular weight is 255 g/mol. The van der Waals surface area contributed by atoms with Crippen LogP contribution in [0.1, 0.15) is 17.2 Å². The van der Waals surface area contributed by atoms with E-state index in [0.717, 1.165) is 11.1 Å². The molecule has 1 unspecified atom stereocenters. The molecule has 0 saturated carbocycles. The molecule has 0 spiro atoms. The van der Waals surface area contributed by atoms with E-state index in [4.69, 9.17) is 14.2 Å². The smallest absolute Gasteiger partial charge is 0.128 e. The van der Waals surface area contributed by atoms with Crippen molar-refractivity contribution in [1.82, 2.24) is 5.32 Å². The van der Waals surface area contributed by atoms with E-state index in [1.165, 1.54) is 0 Å². The quantitative estimate of drug-likeness (QED) is 0.764. The molecule has 0 heterocycles. The number of methoxy groups -OCH3 is 3. The third kappa shape index (κ3) is 3.35. The number of hydrogen-bond acceptors (Lipinski definition) is 5. The van der Waals surface area contributed by atoms with Crippen LogP contribution in [0, 0.1) is 0 Å². The van der Waals surface area contributed by atoms with Gasteiger partial charge < -0.3 is 24.6 Å². The number of rotatable bonds is 7. The minimum absolute atomic E-state index is 0.398. The fourth-order valence-corrected chi connectivity index (χ4v) is 1.79. The van der Waals surface area contributed by atoms with Crippen molar-refractivity contribution in [2.75, 3.05) is 34.9 Å². The first-order chi connectivity index (χ1) is 8.67. The molecule has 0 radical (unpaired) electrons. The summed E-state index contributed by atoms with van der Waals surface area (Å²) in [6.45, 7) is 0.866. The molecule has 5 heteroatoms. The van der Waals surface area contributed by atoms with Crippen LogP contribution in [0.2, 0.25) is 0 Å². The van der Waals surface area contributed by atoms with E-state index in [1.807, 2.05) is 0 Å². The number of likely N-dealkylation sites (N-methyl/N-ethyl adjacent to an activating group) is 1. The summed E-state index contributed by atoms with van der Waals surface area (Å²) in [6, 6.07) is 3.61. The van der Waals surface area contributed by atoms with Crippen molar-refractivity contribution in [1.29, 1.82) is 0 Å². The van der Waals surface area contributed by atoms with Gasteiger partial charge >= 0.3 is 0 Å². The maximum atomic E-state index is 9.98. The first kappa shape index (κ1) is 14.8. The van der Waals surface area contributed by atoms with Crippen molar-refractivity contribution in [3.05, 3.63) is 23.3 Å². The van der Waals surface area contributed by atoms with Crippen molar-refractivity contribution in [2.45, 2.75) is 12.7 Å². The fraction of sp³-hybridized carbons (Fsp3) is 0.538. The van der Waals surface area contributed by atoms with Crippen LogP contribution < -0.4 is 14.8 Å². The van der Waals surface area contributed by atoms with E-state index < -0.39 is 6.10 Å². The van der Waals surface area contributed by atoms with Gasteiger partial charge in [-0.15, -0.1) is 0 Å². The van der Waals surface area contributed by atoms with Gasteiger partial charge in [0.15, 0.2) is 0 Å². The van der Waals surface area contributed by atoms with E-state index in [0.29, 0.717) is 24.7 Å². The standard InChI is InChI=1S/C13H21NO4/c1-14-7-11(15)9-5-12(17-3)10(8-16-2)13(6-9)18-4/h5-6,11,14-15H,7-8H2,1-4H3. The lowest BCUT2D eigenvalue weighted by Gasteiger charge is -2.17. The predicted octanol–water partition coefficient (Wildman–Crippen LogP) is 1.10. The normalized spacial score (nSPS) is 12.3. The molecule has 5 nitrogen and oxygen atoms in total. The van der Waals surface area contributed by atoms with Gasteiger partial charge in [-0.05, 0) is 24.7 Å². The lowest BCUT2D eigenvalue weighted by Crippen LogP contribution is -2.17. The Balaban J connectivity index is 3.16. The Morgan fingerprint density at radius 3 is 2.11 bits per heavy atom. The molecule has 0 aliphatic heterocycles. The lowest BCUT2D eigenvalue weighted by atomic mass is 10.0. The molecule has 1 atom stereocenters. The first-order valence-electron chi connectivity index (χ1n) is 5.74. The molecule has 0 bridgehead atoms. The minimum atomic E-state index is -0.602. The SMILES string of the molecule is CNCC(O)c1cc(OC)c(COC)c(OC)c1. The van der Waals surface area contributed by atoms with E-state index in [-0.39, 0.29) is 0 Å². The van der Waals surface area contributed by atoms with Crippen LogP contribution >= 0.6 is 0 Å². The van der Waals surface area contributed by atoms with Crippen LogP contribution in [-0.2, 0) is 11.3 Å². The summed E-state index contributed by atoms with van der Waals surface area (Å²) in [4.78, 5) is 0. The van der Waals surface area contributed by atoms with Gasteiger partial charge in [0.25, 0.3) is 0 Å². The zero-order valence-electron chi connectivity index (χ0n) is 11.3. The second-order valence-corrected chi connectivity index (χ2v) is 3.91. The average Bonchev–Trinajstić information content (AvgIpc) is 2.39. The maximum Gasteiger partial charge on any atom is 0.128 e. The molecule has 0 aliphatic rings. The highest BCUT2D eigenvalue weighted by Gasteiger charge is 2.16. The van der Waals surface area contributed by atoms with Crippen molar-refractivity contribution in [3.63, 3.8) is 0 Å². The molecule has 18 heavy (non-hydrogen) atoms. The van der Waals surface area contributed by atoms with Crippen LogP contribution in [0.15, 0.2) is 12.1 Å². The molecule has 0 aromatic heterocycles. The Bertz CT molecular complexity index is 356. The summed E-state index contributed by atoms with van der Waals surface area (Å²) in [5.41, 5.74) is 1.58. The summed E-state index contributed by atoms with van der Waals surface area (Å²) >= 11 is 0. The van der Waals surface area contributed by atoms with E-state index in [1.54, 1.807) is 40.5 Å². The topological polar surface area (TPSA) is 60.0 Å². The van der Waals surface area contributed by atoms with E-state index in [2.05, 4.69) is 5.32 Å². The summed E-state index contributed by atoms with van der Waals surface area (Å²) in [6.07, 6.45) is -0.602. The summed E-state index contributed by atoms with van der Waals surface area (Å²) in [5, 5.41) is 12.9. The largest absolute Gasteiger partial charge is 0.496 e. The minimum Gasteiger partial charge on any atom is -0.496 e. The zero-order valence-corrected chi connectivity index (χ0v) is 11.3. The van der Waals surface area contributed by atoms with Gasteiger partial charge in [0.05, 0.1) is 32.5 Å². The Morgan fingerprint density at radius 1 is 1.17 bits per heavy atom. The Morgan fingerprint density at radius 2 is 1.72 bits per heavy atom. The monoisotopic (exact) mass is 255 g/mol. The van der Waals surface area contributed by atoms with Gasteiger partial charge in [-0.25, -0.2) is 0 Å². The van der Waals surface area contributed by atoms with E-state index in [9.17, 15) is 5.11 Å². The van der Waals surface area contributed by atoms with Crippen LogP contribution in [0.4, 0.5) is 0 Å². The molecule has 2 N–H and O–H groups in total. The van der Waals surface area contributed by atoms with Crippen molar-refractivity contribution in [3.8, 4) is 11.5 Å². The molecular formula is C13H21NO4. The van der Waals surface area contributed by atoms with Gasteiger partial charge in [-0.1, -0.05) is 0 Å². The van der Waals surface area contributed by atoms with Gasteiger partial charge in [0.1, 0.15) is 11.5 Å². The number of aliphatic hydroxyl groups excluding tert-OH is 1. The summed E-state index contributed by atoms with van der Waals surface area (Å²) < 4.78 is 15.8. The Kier molecular flexibility index (Phi) is 5.91. The number of benzene rings is 1. The zero-order chi connectivity index (χ0) is 13.5. The molecule has 0 saturated heterocycles. The number of aliphatic hydroxyl groups is 1.